The van der Waals surface area contributed by atoms with Crippen LogP contribution in [0.2, 0.25) is 19.6 Å². The first-order valence-corrected chi connectivity index (χ1v) is 24.5. The maximum absolute atomic E-state index is 3.44. The second kappa shape index (κ2) is 12.2. The quantitative estimate of drug-likeness (QED) is 0.210. The molecule has 0 heterocycles. The van der Waals surface area contributed by atoms with Crippen molar-refractivity contribution in [2.24, 2.45) is 0 Å². The van der Waals surface area contributed by atoms with Crippen LogP contribution >= 0.6 is 39.5 Å². The Morgan fingerprint density at radius 3 is 1.55 bits per heavy atom. The summed E-state index contributed by atoms with van der Waals surface area (Å²) in [6.45, 7) is 10.0. The first-order valence-electron chi connectivity index (χ1n) is 2.89. The molecule has 66 valence electrons. The van der Waals surface area contributed by atoms with Crippen molar-refractivity contribution in [2.45, 2.75) is 19.6 Å². The van der Waals surface area contributed by atoms with E-state index in [2.05, 4.69) is 77.5 Å². The number of halogens is 2. The van der Waals surface area contributed by atoms with Gasteiger partial charge in [0.1, 0.15) is 0 Å². The standard InChI is InChI=1S/C6H11Si.Cu.2HI.Zn/c1-5-6-7(2,3)4;;;;/h1H2,2-4H3;;2*1H;/q-1;+1;;;+2/p-2. The van der Waals surface area contributed by atoms with E-state index < -0.39 is 8.07 Å². The van der Waals surface area contributed by atoms with E-state index in [1.165, 1.54) is 0 Å². The molecule has 0 bridgehead atoms. The first kappa shape index (κ1) is 18.9. The van der Waals surface area contributed by atoms with Gasteiger partial charge in [-0.15, -0.1) is 0 Å². The third-order valence-corrected chi connectivity index (χ3v) is 1.39. The maximum atomic E-state index is 3.44. The summed E-state index contributed by atoms with van der Waals surface area (Å²) in [5.41, 5.74) is 3.06. The molecule has 5 heteroatoms. The van der Waals surface area contributed by atoms with Crippen LogP contribution in [0.25, 0.3) is 0 Å². The Labute approximate surface area is 111 Å². The molecule has 0 saturated carbocycles. The van der Waals surface area contributed by atoms with Crippen molar-refractivity contribution < 1.29 is 27.2 Å². The van der Waals surface area contributed by atoms with Crippen molar-refractivity contribution in [1.82, 2.24) is 0 Å². The van der Waals surface area contributed by atoms with Gasteiger partial charge in [-0.1, -0.05) is 19.6 Å². The topological polar surface area (TPSA) is 0 Å². The summed E-state index contributed by atoms with van der Waals surface area (Å²) in [7, 11) is -1.02. The summed E-state index contributed by atoms with van der Waals surface area (Å²) in [4.78, 5) is 0. The Morgan fingerprint density at radius 2 is 1.55 bits per heavy atom. The van der Waals surface area contributed by atoms with Gasteiger partial charge in [-0.05, 0) is 0 Å². The Kier molecular flexibility index (Phi) is 21.1. The molecular formula is C6H11CuI2SiZn. The molecule has 0 aromatic heterocycles. The van der Waals surface area contributed by atoms with Crippen molar-refractivity contribution in [3.05, 3.63) is 6.92 Å². The molecule has 0 spiro atoms. The van der Waals surface area contributed by atoms with Gasteiger partial charge in [-0.2, -0.15) is 6.92 Å². The Bertz CT molecular complexity index is 125. The van der Waals surface area contributed by atoms with Gasteiger partial charge in [-0.25, -0.2) is 0 Å². The van der Waals surface area contributed by atoms with Gasteiger partial charge in [0, 0.05) is 8.07 Å². The van der Waals surface area contributed by atoms with Gasteiger partial charge in [-0.3, -0.25) is 5.92 Å². The summed E-state index contributed by atoms with van der Waals surface area (Å²) in [5.74, 6) is 2.67. The summed E-state index contributed by atoms with van der Waals surface area (Å²) >= 11 is 4.93. The molecule has 0 aliphatic carbocycles. The fraction of sp³-hybridized carbons (Fsp3) is 0.500. The molecular weight excluding hydrogens is 483 g/mol. The van der Waals surface area contributed by atoms with E-state index in [0.717, 1.165) is 0 Å². The van der Waals surface area contributed by atoms with E-state index in [-0.39, 0.29) is 27.2 Å². The Hall–Kier alpha value is 2.25. The van der Waals surface area contributed by atoms with Crippen LogP contribution in [-0.4, -0.2) is 8.07 Å². The van der Waals surface area contributed by atoms with Crippen LogP contribution < -0.4 is 0 Å². The third kappa shape index (κ3) is 32.9. The van der Waals surface area contributed by atoms with E-state index in [1.54, 1.807) is 0 Å². The second-order valence-corrected chi connectivity index (χ2v) is 30.9. The Balaban J connectivity index is -0.000000140. The molecule has 0 saturated heterocycles. The van der Waals surface area contributed by atoms with Gasteiger partial charge in [0.15, 0.2) is 0 Å². The van der Waals surface area contributed by atoms with Gasteiger partial charge in [0.05, 0.1) is 0 Å². The summed E-state index contributed by atoms with van der Waals surface area (Å²) < 4.78 is 0. The number of hydrogen-bond acceptors (Lipinski definition) is 0. The molecule has 0 N–H and O–H groups in total. The number of hydrogen-bond donors (Lipinski definition) is 0. The van der Waals surface area contributed by atoms with Crippen LogP contribution in [0.3, 0.4) is 0 Å². The Morgan fingerprint density at radius 1 is 1.27 bits per heavy atom. The van der Waals surface area contributed by atoms with Crippen molar-refractivity contribution in [2.75, 3.05) is 0 Å². The molecule has 0 radical (unpaired) electrons. The average Bonchev–Trinajstić information content (AvgIpc) is 1.63. The van der Waals surface area contributed by atoms with Crippen LogP contribution in [-0.2, 0) is 27.2 Å². The first-order chi connectivity index (χ1) is 4.47. The second-order valence-electron chi connectivity index (χ2n) is 2.65. The fourth-order valence-corrected chi connectivity index (χ4v) is 0.795. The summed E-state index contributed by atoms with van der Waals surface area (Å²) in [6, 6.07) is 0. The molecule has 0 unspecified atom stereocenters. The molecule has 0 rings (SSSR count). The van der Waals surface area contributed by atoms with Crippen LogP contribution in [0.5, 0.6) is 0 Å². The van der Waals surface area contributed by atoms with E-state index in [9.17, 15) is 0 Å². The van der Waals surface area contributed by atoms with Gasteiger partial charge >= 0.3 is 66.7 Å². The zero-order valence-corrected chi connectivity index (χ0v) is 16.2. The molecule has 0 aromatic carbocycles. The fourth-order valence-electron chi connectivity index (χ4n) is 0.265. The van der Waals surface area contributed by atoms with E-state index in [0.29, 0.717) is 0 Å². The molecule has 11 heavy (non-hydrogen) atoms. The molecule has 0 aliphatic heterocycles. The van der Waals surface area contributed by atoms with Crippen molar-refractivity contribution in [3.63, 3.8) is 0 Å². The van der Waals surface area contributed by atoms with E-state index >= 15 is 0 Å². The minimum atomic E-state index is -1.08. The van der Waals surface area contributed by atoms with E-state index in [4.69, 9.17) is 0 Å². The third-order valence-electron chi connectivity index (χ3n) is 0.463. The zero-order chi connectivity index (χ0) is 8.62. The molecule has 0 nitrogen and oxygen atoms in total. The molecule has 0 fully saturated rings. The van der Waals surface area contributed by atoms with Crippen LogP contribution in [0, 0.1) is 18.4 Å². The normalized spacial score (nSPS) is 7.00. The molecule has 0 aliphatic rings. The predicted octanol–water partition coefficient (Wildman–Crippen LogP) is 3.47. The predicted molar refractivity (Wildman–Crippen MR) is 64.5 cm³/mol. The van der Waals surface area contributed by atoms with Gasteiger partial charge in [0.25, 0.3) is 0 Å². The van der Waals surface area contributed by atoms with Crippen LogP contribution in [0.15, 0.2) is 0 Å². The average molecular weight is 494 g/mol. The van der Waals surface area contributed by atoms with Crippen molar-refractivity contribution in [1.29, 1.82) is 0 Å². The zero-order valence-electron chi connectivity index (χ0n) is 6.97. The molecule has 0 aromatic rings. The SMILES string of the molecule is [CH2-]C#C[Si](C)(C)C.[Cu+].[I][Zn][I]. The summed E-state index contributed by atoms with van der Waals surface area (Å²) in [6.07, 6.45) is 0. The van der Waals surface area contributed by atoms with E-state index in [1.807, 2.05) is 0 Å². The van der Waals surface area contributed by atoms with Crippen LogP contribution in [0.1, 0.15) is 0 Å². The van der Waals surface area contributed by atoms with Crippen LogP contribution in [0.4, 0.5) is 0 Å². The minimum absolute atomic E-state index is 0. The van der Waals surface area contributed by atoms with Gasteiger partial charge in [0.2, 0.25) is 0 Å². The summed E-state index contributed by atoms with van der Waals surface area (Å²) in [5, 5.41) is 0. The van der Waals surface area contributed by atoms with Crippen molar-refractivity contribution >= 4 is 47.6 Å². The van der Waals surface area contributed by atoms with Crippen molar-refractivity contribution in [3.8, 4) is 11.5 Å². The molecule has 0 amide bonds. The number of rotatable bonds is 0. The van der Waals surface area contributed by atoms with Gasteiger partial charge < -0.3 is 5.54 Å². The monoisotopic (exact) mass is 492 g/mol. The molecule has 0 atom stereocenters.